The van der Waals surface area contributed by atoms with E-state index in [9.17, 15) is 19.2 Å². The zero-order valence-electron chi connectivity index (χ0n) is 16.4. The first-order valence-electron chi connectivity index (χ1n) is 9.41. The van der Waals surface area contributed by atoms with Gasteiger partial charge in [-0.1, -0.05) is 13.3 Å². The Balaban J connectivity index is 2.37. The largest absolute Gasteiger partial charge is 0.463 e. The van der Waals surface area contributed by atoms with Gasteiger partial charge in [-0.05, 0) is 26.3 Å². The summed E-state index contributed by atoms with van der Waals surface area (Å²) in [6.45, 7) is 5.52. The van der Waals surface area contributed by atoms with Gasteiger partial charge in [0.2, 0.25) is 5.43 Å². The number of ether oxygens (including phenoxy) is 2. The van der Waals surface area contributed by atoms with E-state index in [1.54, 1.807) is 13.8 Å². The van der Waals surface area contributed by atoms with Crippen LogP contribution in [-0.2, 0) is 15.9 Å². The van der Waals surface area contributed by atoms with Crippen LogP contribution in [0.1, 0.15) is 53.6 Å². The lowest BCUT2D eigenvalue weighted by atomic mass is 10.00. The number of carbonyl (C=O) groups is 2. The molecular weight excluding hydrogens is 378 g/mol. The van der Waals surface area contributed by atoms with Gasteiger partial charge >= 0.3 is 11.9 Å². The van der Waals surface area contributed by atoms with Gasteiger partial charge in [-0.2, -0.15) is 0 Å². The summed E-state index contributed by atoms with van der Waals surface area (Å²) in [7, 11) is 0. The van der Waals surface area contributed by atoms with Crippen molar-refractivity contribution in [1.82, 2.24) is 4.98 Å². The Kier molecular flexibility index (Phi) is 5.81. The first-order valence-corrected chi connectivity index (χ1v) is 9.41. The van der Waals surface area contributed by atoms with Crippen LogP contribution in [0.25, 0.3) is 21.9 Å². The predicted molar refractivity (Wildman–Crippen MR) is 107 cm³/mol. The monoisotopic (exact) mass is 399 g/mol. The summed E-state index contributed by atoms with van der Waals surface area (Å²) in [5.74, 6) is -1.43. The summed E-state index contributed by atoms with van der Waals surface area (Å²) in [5, 5.41) is 0.336. The lowest BCUT2D eigenvalue weighted by molar-refractivity contribution is 0.0511. The average Bonchev–Trinajstić information content (AvgIpc) is 2.69. The van der Waals surface area contributed by atoms with Crippen LogP contribution in [-0.4, -0.2) is 30.1 Å². The molecule has 1 N–H and O–H groups in total. The number of aryl methyl sites for hydroxylation is 1. The van der Waals surface area contributed by atoms with Crippen LogP contribution >= 0.6 is 0 Å². The predicted octanol–water partition coefficient (Wildman–Crippen LogP) is 2.94. The molecule has 152 valence electrons. The van der Waals surface area contributed by atoms with E-state index in [1.807, 2.05) is 6.92 Å². The van der Waals surface area contributed by atoms with Crippen LogP contribution in [0.15, 0.2) is 32.4 Å². The molecule has 0 bridgehead atoms. The summed E-state index contributed by atoms with van der Waals surface area (Å²) in [5.41, 5.74) is 0.0128. The number of fused-ring (bicyclic) bond motifs is 2. The molecular formula is C21H21NO7. The number of esters is 2. The Morgan fingerprint density at radius 3 is 2.34 bits per heavy atom. The third-order valence-corrected chi connectivity index (χ3v) is 4.45. The van der Waals surface area contributed by atoms with Crippen LogP contribution in [0.5, 0.6) is 0 Å². The topological polar surface area (TPSA) is 116 Å². The van der Waals surface area contributed by atoms with Crippen molar-refractivity contribution >= 4 is 33.8 Å². The van der Waals surface area contributed by atoms with Crippen molar-refractivity contribution in [2.45, 2.75) is 33.6 Å². The fourth-order valence-corrected chi connectivity index (χ4v) is 3.21. The maximum Gasteiger partial charge on any atom is 0.354 e. The van der Waals surface area contributed by atoms with E-state index in [2.05, 4.69) is 4.98 Å². The van der Waals surface area contributed by atoms with Gasteiger partial charge in [-0.25, -0.2) is 9.59 Å². The van der Waals surface area contributed by atoms with Gasteiger partial charge in [0.25, 0.3) is 0 Å². The molecule has 1 aromatic carbocycles. The molecule has 0 amide bonds. The smallest absolute Gasteiger partial charge is 0.354 e. The lowest BCUT2D eigenvalue weighted by Crippen LogP contribution is -2.19. The maximum absolute atomic E-state index is 12.9. The number of aromatic nitrogens is 1. The molecule has 8 heteroatoms. The van der Waals surface area contributed by atoms with Crippen molar-refractivity contribution in [1.29, 1.82) is 0 Å². The molecule has 0 radical (unpaired) electrons. The molecule has 0 atom stereocenters. The molecule has 3 rings (SSSR count). The molecule has 8 nitrogen and oxygen atoms in total. The van der Waals surface area contributed by atoms with Crippen LogP contribution in [0.2, 0.25) is 0 Å². The van der Waals surface area contributed by atoms with Crippen LogP contribution in [0.3, 0.4) is 0 Å². The molecule has 2 aromatic heterocycles. The van der Waals surface area contributed by atoms with Crippen LogP contribution < -0.4 is 10.9 Å². The fraction of sp³-hybridized carbons (Fsp3) is 0.333. The van der Waals surface area contributed by atoms with Crippen molar-refractivity contribution in [2.75, 3.05) is 13.2 Å². The van der Waals surface area contributed by atoms with Gasteiger partial charge < -0.3 is 18.9 Å². The summed E-state index contributed by atoms with van der Waals surface area (Å²) in [4.78, 5) is 52.6. The highest BCUT2D eigenvalue weighted by atomic mass is 16.5. The lowest BCUT2D eigenvalue weighted by Gasteiger charge is -2.11. The minimum Gasteiger partial charge on any atom is -0.463 e. The minimum absolute atomic E-state index is 0.0199. The van der Waals surface area contributed by atoms with Crippen molar-refractivity contribution in [2.24, 2.45) is 0 Å². The number of benzene rings is 1. The third kappa shape index (κ3) is 3.65. The molecule has 0 saturated carbocycles. The second-order valence-electron chi connectivity index (χ2n) is 6.37. The summed E-state index contributed by atoms with van der Waals surface area (Å²) in [6, 6.07) is 2.52. The number of carbonyl (C=O) groups excluding carboxylic acids is 2. The van der Waals surface area contributed by atoms with Gasteiger partial charge in [0.15, 0.2) is 5.43 Å². The van der Waals surface area contributed by atoms with Crippen molar-refractivity contribution in [3.63, 3.8) is 0 Å². The first kappa shape index (κ1) is 20.3. The summed E-state index contributed by atoms with van der Waals surface area (Å²) < 4.78 is 15.5. The van der Waals surface area contributed by atoms with Crippen molar-refractivity contribution in [3.05, 3.63) is 55.7 Å². The highest BCUT2D eigenvalue weighted by Gasteiger charge is 2.21. The SMILES string of the molecule is CCCc1c2[nH]c(C(=O)OCC)cc(=O)c2cc2c(=O)c(C(=O)OCC)coc12. The average molecular weight is 399 g/mol. The van der Waals surface area contributed by atoms with E-state index in [0.717, 1.165) is 12.3 Å². The molecule has 29 heavy (non-hydrogen) atoms. The molecule has 0 unspecified atom stereocenters. The summed E-state index contributed by atoms with van der Waals surface area (Å²) >= 11 is 0. The number of rotatable bonds is 6. The molecule has 0 fully saturated rings. The highest BCUT2D eigenvalue weighted by Crippen LogP contribution is 2.26. The third-order valence-electron chi connectivity index (χ3n) is 4.45. The second kappa shape index (κ2) is 8.30. The molecule has 0 aliphatic heterocycles. The Bertz CT molecular complexity index is 1220. The quantitative estimate of drug-likeness (QED) is 0.500. The van der Waals surface area contributed by atoms with Gasteiger partial charge in [0.05, 0.1) is 24.1 Å². The second-order valence-corrected chi connectivity index (χ2v) is 6.37. The summed E-state index contributed by atoms with van der Waals surface area (Å²) in [6.07, 6.45) is 2.25. The Morgan fingerprint density at radius 2 is 1.69 bits per heavy atom. The number of hydrogen-bond donors (Lipinski definition) is 1. The first-order chi connectivity index (χ1) is 13.9. The molecule has 0 saturated heterocycles. The standard InChI is InChI=1S/C21H21NO7/c1-4-7-11-17-12(16(23)9-15(22-17)21(26)28-6-3)8-13-18(24)14(10-29-19(11)13)20(25)27-5-2/h8-10H,4-7H2,1-3H3,(H,22,23). The minimum atomic E-state index is -0.785. The van der Waals surface area contributed by atoms with E-state index >= 15 is 0 Å². The van der Waals surface area contributed by atoms with E-state index in [-0.39, 0.29) is 40.8 Å². The van der Waals surface area contributed by atoms with E-state index in [1.165, 1.54) is 6.07 Å². The zero-order valence-corrected chi connectivity index (χ0v) is 16.4. The highest BCUT2D eigenvalue weighted by molar-refractivity contribution is 6.01. The zero-order chi connectivity index (χ0) is 21.1. The maximum atomic E-state index is 12.9. The number of nitrogens with one attached hydrogen (secondary N) is 1. The van der Waals surface area contributed by atoms with E-state index < -0.39 is 22.8 Å². The number of aromatic amines is 1. The number of H-pyrrole nitrogens is 1. The van der Waals surface area contributed by atoms with E-state index in [0.29, 0.717) is 23.9 Å². The molecule has 0 spiro atoms. The normalized spacial score (nSPS) is 11.0. The number of hydrogen-bond acceptors (Lipinski definition) is 7. The van der Waals surface area contributed by atoms with Gasteiger partial charge in [-0.3, -0.25) is 9.59 Å². The Hall–Kier alpha value is -3.42. The molecule has 0 aliphatic rings. The molecule has 0 aliphatic carbocycles. The van der Waals surface area contributed by atoms with Crippen molar-refractivity contribution in [3.8, 4) is 0 Å². The van der Waals surface area contributed by atoms with Crippen molar-refractivity contribution < 1.29 is 23.5 Å². The van der Waals surface area contributed by atoms with Crippen LogP contribution in [0.4, 0.5) is 0 Å². The fourth-order valence-electron chi connectivity index (χ4n) is 3.21. The van der Waals surface area contributed by atoms with Crippen LogP contribution in [0, 0.1) is 0 Å². The molecule has 3 aromatic rings. The Labute approximate surface area is 165 Å². The van der Waals surface area contributed by atoms with E-state index in [4.69, 9.17) is 13.9 Å². The number of pyridine rings is 1. The van der Waals surface area contributed by atoms with Gasteiger partial charge in [0.1, 0.15) is 23.1 Å². The van der Waals surface area contributed by atoms with Gasteiger partial charge in [0, 0.05) is 17.0 Å². The molecule has 2 heterocycles. The Morgan fingerprint density at radius 1 is 1.00 bits per heavy atom. The van der Waals surface area contributed by atoms with Gasteiger partial charge in [-0.15, -0.1) is 0 Å².